The number of hydrogen-bond acceptors (Lipinski definition) is 6. The summed E-state index contributed by atoms with van der Waals surface area (Å²) in [5, 5.41) is 6.49. The Morgan fingerprint density at radius 2 is 1.69 bits per heavy atom. The van der Waals surface area contributed by atoms with E-state index in [4.69, 9.17) is 9.47 Å². The van der Waals surface area contributed by atoms with Crippen LogP contribution in [0.25, 0.3) is 0 Å². The molecule has 0 aliphatic heterocycles. The molecule has 0 unspecified atom stereocenters. The Morgan fingerprint density at radius 1 is 0.923 bits per heavy atom. The first kappa shape index (κ1) is 17.5. The van der Waals surface area contributed by atoms with Crippen molar-refractivity contribution in [1.29, 1.82) is 0 Å². The maximum absolute atomic E-state index is 5.32. The van der Waals surface area contributed by atoms with E-state index in [0.717, 1.165) is 11.5 Å². The van der Waals surface area contributed by atoms with Crippen LogP contribution in [0.1, 0.15) is 11.1 Å². The molecule has 2 aromatic carbocycles. The van der Waals surface area contributed by atoms with Crippen LogP contribution in [0.4, 0.5) is 17.5 Å². The van der Waals surface area contributed by atoms with Crippen LogP contribution in [-0.2, 0) is 6.54 Å². The number of anilines is 3. The van der Waals surface area contributed by atoms with Crippen LogP contribution >= 0.6 is 0 Å². The maximum Gasteiger partial charge on any atom is 0.229 e. The standard InChI is InChI=1S/C20H22N4O2/c1-14-4-6-15(7-5-14)13-22-19-10-11-21-20(24-19)23-16-8-9-17(25-2)18(12-16)26-3/h4-12H,13H2,1-3H3,(H2,21,22,23,24). The van der Waals surface area contributed by atoms with E-state index in [1.54, 1.807) is 20.4 Å². The van der Waals surface area contributed by atoms with Gasteiger partial charge in [-0.2, -0.15) is 4.98 Å². The SMILES string of the molecule is COc1ccc(Nc2nccc(NCc3ccc(C)cc3)n2)cc1OC. The summed E-state index contributed by atoms with van der Waals surface area (Å²) in [5.74, 6) is 2.58. The second-order valence-electron chi connectivity index (χ2n) is 5.80. The number of aryl methyl sites for hydroxylation is 1. The van der Waals surface area contributed by atoms with Gasteiger partial charge in [0.05, 0.1) is 14.2 Å². The molecule has 3 rings (SSSR count). The average Bonchev–Trinajstić information content (AvgIpc) is 2.68. The summed E-state index contributed by atoms with van der Waals surface area (Å²) >= 11 is 0. The summed E-state index contributed by atoms with van der Waals surface area (Å²) in [6.07, 6.45) is 1.72. The van der Waals surface area contributed by atoms with Crippen LogP contribution in [-0.4, -0.2) is 24.2 Å². The molecule has 0 saturated heterocycles. The maximum atomic E-state index is 5.32. The molecule has 2 N–H and O–H groups in total. The Bertz CT molecular complexity index is 866. The fourth-order valence-corrected chi connectivity index (χ4v) is 2.46. The van der Waals surface area contributed by atoms with Gasteiger partial charge in [0.15, 0.2) is 11.5 Å². The van der Waals surface area contributed by atoms with Gasteiger partial charge in [-0.25, -0.2) is 4.98 Å². The van der Waals surface area contributed by atoms with Crippen LogP contribution in [0, 0.1) is 6.92 Å². The summed E-state index contributed by atoms with van der Waals surface area (Å²) in [6.45, 7) is 2.78. The lowest BCUT2D eigenvalue weighted by atomic mass is 10.1. The predicted molar refractivity (Wildman–Crippen MR) is 103 cm³/mol. The van der Waals surface area contributed by atoms with Gasteiger partial charge in [-0.3, -0.25) is 0 Å². The molecule has 0 atom stereocenters. The molecule has 134 valence electrons. The van der Waals surface area contributed by atoms with E-state index in [-0.39, 0.29) is 0 Å². The van der Waals surface area contributed by atoms with Crippen molar-refractivity contribution in [1.82, 2.24) is 9.97 Å². The van der Waals surface area contributed by atoms with E-state index in [1.807, 2.05) is 24.3 Å². The van der Waals surface area contributed by atoms with Crippen molar-refractivity contribution in [2.75, 3.05) is 24.9 Å². The number of benzene rings is 2. The molecule has 0 aliphatic carbocycles. The fourth-order valence-electron chi connectivity index (χ4n) is 2.46. The number of ether oxygens (including phenoxy) is 2. The Labute approximate surface area is 153 Å². The van der Waals surface area contributed by atoms with Gasteiger partial charge >= 0.3 is 0 Å². The predicted octanol–water partition coefficient (Wildman–Crippen LogP) is 4.16. The summed E-state index contributed by atoms with van der Waals surface area (Å²) in [6, 6.07) is 15.8. The lowest BCUT2D eigenvalue weighted by molar-refractivity contribution is 0.355. The van der Waals surface area contributed by atoms with E-state index in [0.29, 0.717) is 24.0 Å². The quantitative estimate of drug-likeness (QED) is 0.667. The third-order valence-corrected chi connectivity index (χ3v) is 3.89. The molecule has 1 aromatic heterocycles. The first-order valence-corrected chi connectivity index (χ1v) is 8.29. The van der Waals surface area contributed by atoms with E-state index in [2.05, 4.69) is 51.8 Å². The molecular weight excluding hydrogens is 328 g/mol. The summed E-state index contributed by atoms with van der Waals surface area (Å²) in [5.41, 5.74) is 3.26. The highest BCUT2D eigenvalue weighted by Gasteiger charge is 2.06. The number of nitrogens with zero attached hydrogens (tertiary/aromatic N) is 2. The molecule has 0 bridgehead atoms. The lowest BCUT2D eigenvalue weighted by Crippen LogP contribution is -2.04. The molecule has 6 nitrogen and oxygen atoms in total. The lowest BCUT2D eigenvalue weighted by Gasteiger charge is -2.11. The average molecular weight is 350 g/mol. The minimum absolute atomic E-state index is 0.506. The van der Waals surface area contributed by atoms with Crippen LogP contribution < -0.4 is 20.1 Å². The normalized spacial score (nSPS) is 10.3. The molecule has 0 amide bonds. The first-order valence-electron chi connectivity index (χ1n) is 8.29. The zero-order chi connectivity index (χ0) is 18.4. The molecule has 26 heavy (non-hydrogen) atoms. The molecule has 0 spiro atoms. The van der Waals surface area contributed by atoms with Crippen LogP contribution in [0.2, 0.25) is 0 Å². The second kappa shape index (κ2) is 8.20. The summed E-state index contributed by atoms with van der Waals surface area (Å²) in [7, 11) is 3.21. The highest BCUT2D eigenvalue weighted by atomic mass is 16.5. The first-order chi connectivity index (χ1) is 12.7. The molecular formula is C20H22N4O2. The van der Waals surface area contributed by atoms with Crippen molar-refractivity contribution in [2.24, 2.45) is 0 Å². The fraction of sp³-hybridized carbons (Fsp3) is 0.200. The van der Waals surface area contributed by atoms with Gasteiger partial charge in [0.2, 0.25) is 5.95 Å². The molecule has 0 aliphatic rings. The number of methoxy groups -OCH3 is 2. The Morgan fingerprint density at radius 3 is 2.42 bits per heavy atom. The molecule has 0 fully saturated rings. The van der Waals surface area contributed by atoms with E-state index in [9.17, 15) is 0 Å². The molecule has 0 saturated carbocycles. The largest absolute Gasteiger partial charge is 0.493 e. The monoisotopic (exact) mass is 350 g/mol. The minimum atomic E-state index is 0.506. The van der Waals surface area contributed by atoms with E-state index >= 15 is 0 Å². The Balaban J connectivity index is 1.68. The molecule has 6 heteroatoms. The third-order valence-electron chi connectivity index (χ3n) is 3.89. The van der Waals surface area contributed by atoms with Gasteiger partial charge in [0.25, 0.3) is 0 Å². The van der Waals surface area contributed by atoms with Gasteiger partial charge in [0.1, 0.15) is 5.82 Å². The van der Waals surface area contributed by atoms with Crippen molar-refractivity contribution in [2.45, 2.75) is 13.5 Å². The van der Waals surface area contributed by atoms with Crippen LogP contribution in [0.5, 0.6) is 11.5 Å². The van der Waals surface area contributed by atoms with Gasteiger partial charge in [0, 0.05) is 24.5 Å². The zero-order valence-corrected chi connectivity index (χ0v) is 15.1. The van der Waals surface area contributed by atoms with Crippen molar-refractivity contribution in [3.8, 4) is 11.5 Å². The Kier molecular flexibility index (Phi) is 5.53. The number of aromatic nitrogens is 2. The smallest absolute Gasteiger partial charge is 0.229 e. The topological polar surface area (TPSA) is 68.3 Å². The van der Waals surface area contributed by atoms with Gasteiger partial charge in [-0.05, 0) is 30.7 Å². The second-order valence-corrected chi connectivity index (χ2v) is 5.80. The number of hydrogen-bond donors (Lipinski definition) is 2. The molecule has 0 radical (unpaired) electrons. The van der Waals surface area contributed by atoms with Gasteiger partial charge < -0.3 is 20.1 Å². The van der Waals surface area contributed by atoms with Crippen LogP contribution in [0.3, 0.4) is 0 Å². The molecule has 1 heterocycles. The van der Waals surface area contributed by atoms with E-state index < -0.39 is 0 Å². The van der Waals surface area contributed by atoms with Crippen LogP contribution in [0.15, 0.2) is 54.7 Å². The number of nitrogens with one attached hydrogen (secondary N) is 2. The van der Waals surface area contributed by atoms with Gasteiger partial charge in [-0.1, -0.05) is 29.8 Å². The Hall–Kier alpha value is -3.28. The summed E-state index contributed by atoms with van der Waals surface area (Å²) < 4.78 is 10.6. The van der Waals surface area contributed by atoms with Gasteiger partial charge in [-0.15, -0.1) is 0 Å². The zero-order valence-electron chi connectivity index (χ0n) is 15.1. The summed E-state index contributed by atoms with van der Waals surface area (Å²) in [4.78, 5) is 8.76. The van der Waals surface area contributed by atoms with Crippen molar-refractivity contribution < 1.29 is 9.47 Å². The van der Waals surface area contributed by atoms with Crippen molar-refractivity contribution >= 4 is 17.5 Å². The number of rotatable bonds is 7. The molecule has 3 aromatic rings. The van der Waals surface area contributed by atoms with Crippen molar-refractivity contribution in [3.05, 3.63) is 65.9 Å². The van der Waals surface area contributed by atoms with E-state index in [1.165, 1.54) is 11.1 Å². The highest BCUT2D eigenvalue weighted by Crippen LogP contribution is 2.30. The van der Waals surface area contributed by atoms with Crippen molar-refractivity contribution in [3.63, 3.8) is 0 Å². The minimum Gasteiger partial charge on any atom is -0.493 e. The highest BCUT2D eigenvalue weighted by molar-refractivity contribution is 5.60. The third kappa shape index (κ3) is 4.42.